The van der Waals surface area contributed by atoms with E-state index in [9.17, 15) is 4.79 Å². The summed E-state index contributed by atoms with van der Waals surface area (Å²) in [6, 6.07) is 15.3. The molecular weight excluding hydrogens is 278 g/mol. The van der Waals surface area contributed by atoms with Crippen molar-refractivity contribution in [1.82, 2.24) is 4.90 Å². The van der Waals surface area contributed by atoms with Crippen molar-refractivity contribution in [3.05, 3.63) is 48.5 Å². The minimum Gasteiger partial charge on any atom is -0.497 e. The zero-order chi connectivity index (χ0) is 15.9. The maximum absolute atomic E-state index is 11.9. The Labute approximate surface area is 131 Å². The van der Waals surface area contributed by atoms with Crippen LogP contribution >= 0.6 is 0 Å². The Morgan fingerprint density at radius 3 is 1.73 bits per heavy atom. The third kappa shape index (κ3) is 3.79. The molecule has 0 saturated carbocycles. The number of carbonyl (C=O) groups is 1. The van der Waals surface area contributed by atoms with Gasteiger partial charge < -0.3 is 14.4 Å². The summed E-state index contributed by atoms with van der Waals surface area (Å²) in [5, 5.41) is 0. The summed E-state index contributed by atoms with van der Waals surface area (Å²) in [6.45, 7) is 5.13. The second-order valence-corrected chi connectivity index (χ2v) is 4.79. The summed E-state index contributed by atoms with van der Waals surface area (Å²) < 4.78 is 10.5. The molecule has 22 heavy (non-hydrogen) atoms. The average molecular weight is 299 g/mol. The molecule has 116 valence electrons. The molecule has 0 radical (unpaired) electrons. The highest BCUT2D eigenvalue weighted by molar-refractivity contribution is 5.71. The Balaban J connectivity index is 2.08. The number of methoxy groups -OCH3 is 1. The molecule has 0 saturated heterocycles. The zero-order valence-corrected chi connectivity index (χ0v) is 13.2. The Morgan fingerprint density at radius 2 is 1.32 bits per heavy atom. The van der Waals surface area contributed by atoms with Gasteiger partial charge in [0.2, 0.25) is 0 Å². The zero-order valence-electron chi connectivity index (χ0n) is 13.2. The summed E-state index contributed by atoms with van der Waals surface area (Å²) in [5.41, 5.74) is 2.15. The van der Waals surface area contributed by atoms with Gasteiger partial charge in [-0.05, 0) is 49.2 Å². The van der Waals surface area contributed by atoms with Crippen LogP contribution in [-0.4, -0.2) is 31.2 Å². The first kappa shape index (κ1) is 15.9. The summed E-state index contributed by atoms with van der Waals surface area (Å²) in [4.78, 5) is 13.5. The highest BCUT2D eigenvalue weighted by Gasteiger charge is 2.11. The Morgan fingerprint density at radius 1 is 0.864 bits per heavy atom. The molecule has 0 fully saturated rings. The third-order valence-electron chi connectivity index (χ3n) is 3.50. The molecule has 1 amide bonds. The molecule has 4 heteroatoms. The highest BCUT2D eigenvalue weighted by atomic mass is 16.6. The minimum absolute atomic E-state index is 0.317. The number of rotatable bonds is 5. The fourth-order valence-electron chi connectivity index (χ4n) is 2.15. The van der Waals surface area contributed by atoms with E-state index < -0.39 is 0 Å². The van der Waals surface area contributed by atoms with E-state index >= 15 is 0 Å². The summed E-state index contributed by atoms with van der Waals surface area (Å²) >= 11 is 0. The molecule has 0 spiro atoms. The maximum atomic E-state index is 11.9. The predicted molar refractivity (Wildman–Crippen MR) is 87.4 cm³/mol. The summed E-state index contributed by atoms with van der Waals surface area (Å²) in [6.07, 6.45) is -0.317. The maximum Gasteiger partial charge on any atom is 0.415 e. The first-order valence-electron chi connectivity index (χ1n) is 7.39. The van der Waals surface area contributed by atoms with Gasteiger partial charge >= 0.3 is 6.09 Å². The fourth-order valence-corrected chi connectivity index (χ4v) is 2.15. The van der Waals surface area contributed by atoms with Gasteiger partial charge in [0, 0.05) is 13.1 Å². The van der Waals surface area contributed by atoms with E-state index in [1.54, 1.807) is 24.1 Å². The van der Waals surface area contributed by atoms with Crippen molar-refractivity contribution in [2.75, 3.05) is 20.2 Å². The quantitative estimate of drug-likeness (QED) is 0.830. The fraction of sp³-hybridized carbons (Fsp3) is 0.278. The molecule has 0 unspecified atom stereocenters. The Bertz CT molecular complexity index is 601. The van der Waals surface area contributed by atoms with Crippen LogP contribution < -0.4 is 9.47 Å². The lowest BCUT2D eigenvalue weighted by Crippen LogP contribution is -2.33. The molecule has 2 rings (SSSR count). The van der Waals surface area contributed by atoms with E-state index in [0.717, 1.165) is 16.9 Å². The largest absolute Gasteiger partial charge is 0.497 e. The lowest BCUT2D eigenvalue weighted by molar-refractivity contribution is 0.157. The SMILES string of the molecule is CCN(CC)C(=O)Oc1ccc(-c2ccc(OC)cc2)cc1. The number of amides is 1. The van der Waals surface area contributed by atoms with Crippen molar-refractivity contribution in [2.24, 2.45) is 0 Å². The second-order valence-electron chi connectivity index (χ2n) is 4.79. The van der Waals surface area contributed by atoms with Gasteiger partial charge in [-0.25, -0.2) is 4.79 Å². The number of hydrogen-bond donors (Lipinski definition) is 0. The third-order valence-corrected chi connectivity index (χ3v) is 3.50. The van der Waals surface area contributed by atoms with Crippen molar-refractivity contribution < 1.29 is 14.3 Å². The molecule has 2 aromatic rings. The molecule has 4 nitrogen and oxygen atoms in total. The number of benzene rings is 2. The molecule has 2 aromatic carbocycles. The van der Waals surface area contributed by atoms with Gasteiger partial charge in [0.1, 0.15) is 11.5 Å². The van der Waals surface area contributed by atoms with Crippen LogP contribution in [0.2, 0.25) is 0 Å². The smallest absolute Gasteiger partial charge is 0.415 e. The first-order chi connectivity index (χ1) is 10.7. The van der Waals surface area contributed by atoms with Crippen LogP contribution in [0.15, 0.2) is 48.5 Å². The predicted octanol–water partition coefficient (Wildman–Crippen LogP) is 4.20. The van der Waals surface area contributed by atoms with Crippen molar-refractivity contribution in [3.63, 3.8) is 0 Å². The molecule has 0 bridgehead atoms. The van der Waals surface area contributed by atoms with Gasteiger partial charge in [-0.1, -0.05) is 24.3 Å². The van der Waals surface area contributed by atoms with E-state index in [1.165, 1.54) is 0 Å². The van der Waals surface area contributed by atoms with Gasteiger partial charge in [-0.2, -0.15) is 0 Å². The van der Waals surface area contributed by atoms with Gasteiger partial charge in [-0.3, -0.25) is 0 Å². The van der Waals surface area contributed by atoms with Crippen LogP contribution in [-0.2, 0) is 0 Å². The van der Waals surface area contributed by atoms with Gasteiger partial charge in [-0.15, -0.1) is 0 Å². The van der Waals surface area contributed by atoms with Gasteiger partial charge in [0.15, 0.2) is 0 Å². The molecule has 0 atom stereocenters. The van der Waals surface area contributed by atoms with Crippen molar-refractivity contribution in [1.29, 1.82) is 0 Å². The second kappa shape index (κ2) is 7.50. The lowest BCUT2D eigenvalue weighted by Gasteiger charge is -2.17. The molecule has 0 aliphatic heterocycles. The van der Waals surface area contributed by atoms with Crippen LogP contribution in [0.1, 0.15) is 13.8 Å². The summed E-state index contributed by atoms with van der Waals surface area (Å²) in [5.74, 6) is 1.38. The molecular formula is C18H21NO3. The van der Waals surface area contributed by atoms with E-state index in [-0.39, 0.29) is 6.09 Å². The van der Waals surface area contributed by atoms with Gasteiger partial charge in [0.25, 0.3) is 0 Å². The van der Waals surface area contributed by atoms with Crippen molar-refractivity contribution in [3.8, 4) is 22.6 Å². The Kier molecular flexibility index (Phi) is 5.42. The molecule has 0 N–H and O–H groups in total. The topological polar surface area (TPSA) is 38.8 Å². The Hall–Kier alpha value is -2.49. The summed E-state index contributed by atoms with van der Waals surface area (Å²) in [7, 11) is 1.65. The molecule has 0 aromatic heterocycles. The van der Waals surface area contributed by atoms with Crippen molar-refractivity contribution >= 4 is 6.09 Å². The molecule has 0 heterocycles. The lowest BCUT2D eigenvalue weighted by atomic mass is 10.1. The van der Waals surface area contributed by atoms with E-state index in [0.29, 0.717) is 18.8 Å². The first-order valence-corrected chi connectivity index (χ1v) is 7.39. The normalized spacial score (nSPS) is 10.1. The average Bonchev–Trinajstić information content (AvgIpc) is 2.57. The number of hydrogen-bond acceptors (Lipinski definition) is 3. The number of nitrogens with zero attached hydrogens (tertiary/aromatic N) is 1. The highest BCUT2D eigenvalue weighted by Crippen LogP contribution is 2.24. The minimum atomic E-state index is -0.317. The van der Waals surface area contributed by atoms with E-state index in [2.05, 4.69) is 0 Å². The molecule has 0 aliphatic rings. The standard InChI is InChI=1S/C18H21NO3/c1-4-19(5-2)18(20)22-17-12-8-15(9-13-17)14-6-10-16(21-3)11-7-14/h6-13H,4-5H2,1-3H3. The van der Waals surface area contributed by atoms with E-state index in [1.807, 2.05) is 50.2 Å². The van der Waals surface area contributed by atoms with Crippen molar-refractivity contribution in [2.45, 2.75) is 13.8 Å². The van der Waals surface area contributed by atoms with Crippen LogP contribution in [0.4, 0.5) is 4.79 Å². The van der Waals surface area contributed by atoms with Crippen LogP contribution in [0.5, 0.6) is 11.5 Å². The van der Waals surface area contributed by atoms with Crippen LogP contribution in [0, 0.1) is 0 Å². The number of carbonyl (C=O) groups excluding carboxylic acids is 1. The number of ether oxygens (including phenoxy) is 2. The molecule has 0 aliphatic carbocycles. The monoisotopic (exact) mass is 299 g/mol. The van der Waals surface area contributed by atoms with E-state index in [4.69, 9.17) is 9.47 Å². The van der Waals surface area contributed by atoms with Crippen LogP contribution in [0.25, 0.3) is 11.1 Å². The van der Waals surface area contributed by atoms with Crippen LogP contribution in [0.3, 0.4) is 0 Å². The van der Waals surface area contributed by atoms with Gasteiger partial charge in [0.05, 0.1) is 7.11 Å².